The molecule has 30 heavy (non-hydrogen) atoms. The van der Waals surface area contributed by atoms with Gasteiger partial charge in [-0.3, -0.25) is 4.90 Å². The maximum Gasteiger partial charge on any atom is 0.336 e. The molecule has 1 N–H and O–H groups in total. The average molecular weight is 410 g/mol. The summed E-state index contributed by atoms with van der Waals surface area (Å²) < 4.78 is 4.14. The van der Waals surface area contributed by atoms with Crippen LogP contribution in [0, 0.1) is 6.92 Å². The molecule has 3 aromatic heterocycles. The van der Waals surface area contributed by atoms with Gasteiger partial charge in [0.25, 0.3) is 0 Å². The van der Waals surface area contributed by atoms with Gasteiger partial charge in [0.1, 0.15) is 5.82 Å². The molecule has 0 aromatic carbocycles. The van der Waals surface area contributed by atoms with E-state index in [1.165, 1.54) is 0 Å². The molecule has 7 heteroatoms. The number of aromatic nitrogens is 3. The topological polar surface area (TPSA) is 66.0 Å². The van der Waals surface area contributed by atoms with Crippen LogP contribution in [0.15, 0.2) is 30.7 Å². The normalized spacial score (nSPS) is 17.1. The van der Waals surface area contributed by atoms with Gasteiger partial charge in [0, 0.05) is 67.6 Å². The molecule has 0 spiro atoms. The minimum absolute atomic E-state index is 0.122. The highest BCUT2D eigenvalue weighted by atomic mass is 16.4. The predicted octanol–water partition coefficient (Wildman–Crippen LogP) is 3.43. The predicted molar refractivity (Wildman–Crippen MR) is 118 cm³/mol. The first kappa shape index (κ1) is 20.6. The number of hydrogen-bond acceptors (Lipinski definition) is 4. The standard InChI is InChI=1S/C23H31N5O2/c1-15-20(23(29)30)13-19-12-17(22-24-8-11-26(22)5)14-28(19)21(15)16(2)27-9-6-18(7-10-27)25(3)4/h8,11-14,16,18H,6-7,9-10H2,1-5H3,(H,29,30). The summed E-state index contributed by atoms with van der Waals surface area (Å²) in [5.41, 5.74) is 4.13. The summed E-state index contributed by atoms with van der Waals surface area (Å²) in [6.45, 7) is 6.15. The maximum absolute atomic E-state index is 12.0. The monoisotopic (exact) mass is 409 g/mol. The van der Waals surface area contributed by atoms with Gasteiger partial charge in [-0.05, 0) is 58.5 Å². The molecule has 1 saturated heterocycles. The molecule has 1 aliphatic rings. The van der Waals surface area contributed by atoms with Gasteiger partial charge < -0.3 is 19.0 Å². The largest absolute Gasteiger partial charge is 0.478 e. The van der Waals surface area contributed by atoms with Crippen LogP contribution in [0.2, 0.25) is 0 Å². The lowest BCUT2D eigenvalue weighted by molar-refractivity contribution is 0.0695. The number of rotatable bonds is 5. The van der Waals surface area contributed by atoms with Crippen molar-refractivity contribution in [3.8, 4) is 11.4 Å². The van der Waals surface area contributed by atoms with Crippen molar-refractivity contribution in [3.05, 3.63) is 47.5 Å². The van der Waals surface area contributed by atoms with Crippen LogP contribution in [0.4, 0.5) is 0 Å². The van der Waals surface area contributed by atoms with Gasteiger partial charge in [-0.1, -0.05) is 0 Å². The zero-order valence-corrected chi connectivity index (χ0v) is 18.5. The highest BCUT2D eigenvalue weighted by molar-refractivity contribution is 5.91. The molecule has 0 amide bonds. The molecular weight excluding hydrogens is 378 g/mol. The number of imidazole rings is 1. The maximum atomic E-state index is 12.0. The lowest BCUT2D eigenvalue weighted by atomic mass is 9.98. The van der Waals surface area contributed by atoms with Gasteiger partial charge in [0.2, 0.25) is 0 Å². The number of hydrogen-bond donors (Lipinski definition) is 1. The Labute approximate surface area is 177 Å². The second-order valence-corrected chi connectivity index (χ2v) is 8.67. The third-order valence-electron chi connectivity index (χ3n) is 6.67. The number of carboxylic acids is 1. The first-order valence-corrected chi connectivity index (χ1v) is 10.5. The van der Waals surface area contributed by atoms with Crippen LogP contribution in [0.25, 0.3) is 16.9 Å². The van der Waals surface area contributed by atoms with Gasteiger partial charge in [-0.15, -0.1) is 0 Å². The number of piperidine rings is 1. The van der Waals surface area contributed by atoms with Crippen LogP contribution in [0.3, 0.4) is 0 Å². The van der Waals surface area contributed by atoms with Crippen LogP contribution in [0.1, 0.15) is 47.4 Å². The number of likely N-dealkylation sites (tertiary alicyclic amines) is 1. The van der Waals surface area contributed by atoms with E-state index in [0.717, 1.165) is 54.1 Å². The Balaban J connectivity index is 1.79. The van der Waals surface area contributed by atoms with Crippen LogP contribution in [-0.2, 0) is 7.05 Å². The fraction of sp³-hybridized carbons (Fsp3) is 0.478. The Morgan fingerprint density at radius 3 is 2.53 bits per heavy atom. The van der Waals surface area contributed by atoms with Crippen molar-refractivity contribution in [1.29, 1.82) is 0 Å². The van der Waals surface area contributed by atoms with E-state index in [2.05, 4.69) is 46.4 Å². The van der Waals surface area contributed by atoms with E-state index in [0.29, 0.717) is 11.6 Å². The van der Waals surface area contributed by atoms with Crippen LogP contribution < -0.4 is 0 Å². The first-order valence-electron chi connectivity index (χ1n) is 10.5. The van der Waals surface area contributed by atoms with Gasteiger partial charge in [0.15, 0.2) is 0 Å². The van der Waals surface area contributed by atoms with Crippen molar-refractivity contribution in [1.82, 2.24) is 23.8 Å². The van der Waals surface area contributed by atoms with Gasteiger partial charge in [-0.25, -0.2) is 9.78 Å². The van der Waals surface area contributed by atoms with Crippen molar-refractivity contribution < 1.29 is 9.90 Å². The molecular formula is C23H31N5O2. The Morgan fingerprint density at radius 1 is 1.27 bits per heavy atom. The molecule has 0 bridgehead atoms. The lowest BCUT2D eigenvalue weighted by Gasteiger charge is -2.39. The van der Waals surface area contributed by atoms with Crippen molar-refractivity contribution in [2.45, 2.75) is 38.8 Å². The highest BCUT2D eigenvalue weighted by Crippen LogP contribution is 2.32. The number of aryl methyl sites for hydroxylation is 1. The third-order valence-corrected chi connectivity index (χ3v) is 6.67. The van der Waals surface area contributed by atoms with E-state index in [4.69, 9.17) is 0 Å². The molecule has 0 saturated carbocycles. The SMILES string of the molecule is Cc1c(C(=O)O)cc2cc(-c3nccn3C)cn2c1C(C)N1CCC(N(C)C)CC1. The summed E-state index contributed by atoms with van der Waals surface area (Å²) in [6, 6.07) is 4.54. The van der Waals surface area contributed by atoms with E-state index in [9.17, 15) is 9.90 Å². The molecule has 1 atom stereocenters. The molecule has 1 aliphatic heterocycles. The van der Waals surface area contributed by atoms with Gasteiger partial charge in [0.05, 0.1) is 5.56 Å². The molecule has 0 radical (unpaired) electrons. The Morgan fingerprint density at radius 2 is 1.97 bits per heavy atom. The first-order chi connectivity index (χ1) is 14.3. The zero-order valence-electron chi connectivity index (χ0n) is 18.5. The molecule has 1 fully saturated rings. The van der Waals surface area contributed by atoms with Crippen LogP contribution in [-0.4, -0.2) is 68.1 Å². The molecule has 1 unspecified atom stereocenters. The fourth-order valence-corrected chi connectivity index (χ4v) is 4.84. The number of pyridine rings is 1. The summed E-state index contributed by atoms with van der Waals surface area (Å²) in [5, 5.41) is 9.83. The summed E-state index contributed by atoms with van der Waals surface area (Å²) in [7, 11) is 6.26. The summed E-state index contributed by atoms with van der Waals surface area (Å²) in [6.07, 6.45) is 8.05. The molecule has 0 aliphatic carbocycles. The number of nitrogens with zero attached hydrogens (tertiary/aromatic N) is 5. The number of carbonyl (C=O) groups is 1. The zero-order chi connectivity index (χ0) is 21.6. The third kappa shape index (κ3) is 3.52. The second-order valence-electron chi connectivity index (χ2n) is 8.67. The number of fused-ring (bicyclic) bond motifs is 1. The summed E-state index contributed by atoms with van der Waals surface area (Å²) in [5.74, 6) is -0.00636. The quantitative estimate of drug-likeness (QED) is 0.699. The molecule has 4 rings (SSSR count). The van der Waals surface area contributed by atoms with Crippen LogP contribution in [0.5, 0.6) is 0 Å². The molecule has 160 valence electrons. The van der Waals surface area contributed by atoms with E-state index in [1.807, 2.05) is 30.8 Å². The average Bonchev–Trinajstić information content (AvgIpc) is 3.32. The van der Waals surface area contributed by atoms with Gasteiger partial charge in [-0.2, -0.15) is 0 Å². The van der Waals surface area contributed by atoms with Gasteiger partial charge >= 0.3 is 5.97 Å². The van der Waals surface area contributed by atoms with E-state index in [1.54, 1.807) is 12.3 Å². The van der Waals surface area contributed by atoms with Crippen molar-refractivity contribution >= 4 is 11.5 Å². The fourth-order valence-electron chi connectivity index (χ4n) is 4.84. The highest BCUT2D eigenvalue weighted by Gasteiger charge is 2.28. The van der Waals surface area contributed by atoms with Crippen molar-refractivity contribution in [2.24, 2.45) is 7.05 Å². The minimum Gasteiger partial charge on any atom is -0.478 e. The second kappa shape index (κ2) is 7.89. The number of carboxylic acid groups (broad SMARTS) is 1. The van der Waals surface area contributed by atoms with E-state index >= 15 is 0 Å². The lowest BCUT2D eigenvalue weighted by Crippen LogP contribution is -2.43. The molecule has 7 nitrogen and oxygen atoms in total. The van der Waals surface area contributed by atoms with Crippen molar-refractivity contribution in [3.63, 3.8) is 0 Å². The Bertz CT molecular complexity index is 1070. The van der Waals surface area contributed by atoms with Crippen LogP contribution >= 0.6 is 0 Å². The molecule has 3 aromatic rings. The summed E-state index contributed by atoms with van der Waals surface area (Å²) in [4.78, 5) is 21.2. The minimum atomic E-state index is -0.880. The molecule has 4 heterocycles. The summed E-state index contributed by atoms with van der Waals surface area (Å²) >= 11 is 0. The van der Waals surface area contributed by atoms with Crippen molar-refractivity contribution in [2.75, 3.05) is 27.2 Å². The Hall–Kier alpha value is -2.64. The van der Waals surface area contributed by atoms with E-state index < -0.39 is 5.97 Å². The van der Waals surface area contributed by atoms with E-state index in [-0.39, 0.29) is 6.04 Å². The Kier molecular flexibility index (Phi) is 5.42. The smallest absolute Gasteiger partial charge is 0.336 e. The number of aromatic carboxylic acids is 1.